The number of benzene rings is 2. The van der Waals surface area contributed by atoms with Gasteiger partial charge in [-0.25, -0.2) is 9.50 Å². The highest BCUT2D eigenvalue weighted by Crippen LogP contribution is 2.33. The van der Waals surface area contributed by atoms with Crippen molar-refractivity contribution in [3.8, 4) is 22.8 Å². The predicted molar refractivity (Wildman–Crippen MR) is 134 cm³/mol. The van der Waals surface area contributed by atoms with Gasteiger partial charge in [-0.15, -0.1) is 0 Å². The number of aromatic nitrogens is 3. The molecule has 0 saturated carbocycles. The number of carbonyl (C=O) groups excluding carboxylic acids is 1. The second-order valence-corrected chi connectivity index (χ2v) is 8.55. The molecule has 0 atom stereocenters. The summed E-state index contributed by atoms with van der Waals surface area (Å²) in [5.41, 5.74) is 6.85. The number of nitrogens with one attached hydrogen (secondary N) is 1. The van der Waals surface area contributed by atoms with Crippen LogP contribution in [0.1, 0.15) is 28.9 Å². The van der Waals surface area contributed by atoms with Crippen molar-refractivity contribution in [1.29, 1.82) is 0 Å². The molecule has 0 unspecified atom stereocenters. The van der Waals surface area contributed by atoms with Crippen molar-refractivity contribution in [2.45, 2.75) is 33.6 Å². The number of carbonyl (C=O) groups is 1. The zero-order chi connectivity index (χ0) is 24.4. The van der Waals surface area contributed by atoms with Gasteiger partial charge < -0.3 is 14.8 Å². The third-order valence-electron chi connectivity index (χ3n) is 5.89. The first-order chi connectivity index (χ1) is 16.3. The summed E-state index contributed by atoms with van der Waals surface area (Å²) in [4.78, 5) is 17.3. The Hall–Kier alpha value is -3.58. The maximum absolute atomic E-state index is 12.6. The molecule has 8 heteroatoms. The second-order valence-electron chi connectivity index (χ2n) is 8.14. The van der Waals surface area contributed by atoms with Gasteiger partial charge in [-0.3, -0.25) is 4.79 Å². The summed E-state index contributed by atoms with van der Waals surface area (Å²) in [5.74, 6) is 1.32. The second kappa shape index (κ2) is 9.73. The average molecular weight is 479 g/mol. The van der Waals surface area contributed by atoms with E-state index in [4.69, 9.17) is 31.2 Å². The minimum absolute atomic E-state index is 0.0651. The number of fused-ring (bicyclic) bond motifs is 1. The van der Waals surface area contributed by atoms with Gasteiger partial charge in [0.15, 0.2) is 5.65 Å². The van der Waals surface area contributed by atoms with Crippen LogP contribution < -0.4 is 14.8 Å². The molecule has 0 bridgehead atoms. The van der Waals surface area contributed by atoms with E-state index >= 15 is 0 Å². The van der Waals surface area contributed by atoms with Crippen LogP contribution in [0.5, 0.6) is 11.5 Å². The molecule has 0 aliphatic carbocycles. The standard InChI is InChI=1S/C26H27ClN4O3/c1-15-12-18(6-10-22(15)27)29-26(32)11-9-20-16(2)28-25-14-23(30-31(25)17(20)3)21-8-7-19(33-4)13-24(21)34-5/h6-8,10,12-14H,9,11H2,1-5H3,(H,29,32). The van der Waals surface area contributed by atoms with Crippen LogP contribution in [-0.2, 0) is 11.2 Å². The van der Waals surface area contributed by atoms with Gasteiger partial charge in [0.2, 0.25) is 5.91 Å². The molecule has 1 N–H and O–H groups in total. The Morgan fingerprint density at radius 3 is 2.56 bits per heavy atom. The van der Waals surface area contributed by atoms with Crippen LogP contribution in [0.2, 0.25) is 5.02 Å². The van der Waals surface area contributed by atoms with Crippen LogP contribution >= 0.6 is 11.6 Å². The van der Waals surface area contributed by atoms with Gasteiger partial charge in [-0.1, -0.05) is 11.6 Å². The van der Waals surface area contributed by atoms with Gasteiger partial charge >= 0.3 is 0 Å². The van der Waals surface area contributed by atoms with Crippen LogP contribution in [0.3, 0.4) is 0 Å². The molecule has 0 fully saturated rings. The Balaban J connectivity index is 1.57. The Morgan fingerprint density at radius 1 is 1.06 bits per heavy atom. The van der Waals surface area contributed by atoms with E-state index in [1.165, 1.54) is 0 Å². The highest BCUT2D eigenvalue weighted by Gasteiger charge is 2.17. The van der Waals surface area contributed by atoms with Crippen LogP contribution in [0.25, 0.3) is 16.9 Å². The van der Waals surface area contributed by atoms with Crippen LogP contribution in [0.4, 0.5) is 5.69 Å². The molecule has 0 aliphatic heterocycles. The summed E-state index contributed by atoms with van der Waals surface area (Å²) in [6.45, 7) is 5.87. The largest absolute Gasteiger partial charge is 0.497 e. The zero-order valence-corrected chi connectivity index (χ0v) is 20.7. The average Bonchev–Trinajstić information content (AvgIpc) is 3.24. The van der Waals surface area contributed by atoms with E-state index in [0.717, 1.165) is 45.1 Å². The van der Waals surface area contributed by atoms with Crippen molar-refractivity contribution in [1.82, 2.24) is 14.6 Å². The van der Waals surface area contributed by atoms with E-state index in [1.54, 1.807) is 26.4 Å². The van der Waals surface area contributed by atoms with Crippen molar-refractivity contribution in [3.63, 3.8) is 0 Å². The Labute approximate surface area is 203 Å². The molecule has 34 heavy (non-hydrogen) atoms. The lowest BCUT2D eigenvalue weighted by Gasteiger charge is -2.11. The molecule has 2 aromatic carbocycles. The van der Waals surface area contributed by atoms with Gasteiger partial charge in [0.05, 0.1) is 19.9 Å². The SMILES string of the molecule is COc1ccc(-c2cc3nc(C)c(CCC(=O)Nc4ccc(Cl)c(C)c4)c(C)n3n2)c(OC)c1. The van der Waals surface area contributed by atoms with Crippen LogP contribution in [0.15, 0.2) is 42.5 Å². The van der Waals surface area contributed by atoms with Gasteiger partial charge in [0, 0.05) is 46.2 Å². The predicted octanol–water partition coefficient (Wildman–Crippen LogP) is 5.56. The van der Waals surface area contributed by atoms with Gasteiger partial charge in [-0.05, 0) is 68.7 Å². The smallest absolute Gasteiger partial charge is 0.224 e. The van der Waals surface area contributed by atoms with Crippen molar-refractivity contribution < 1.29 is 14.3 Å². The molecule has 176 valence electrons. The summed E-state index contributed by atoms with van der Waals surface area (Å²) >= 11 is 6.07. The fourth-order valence-electron chi connectivity index (χ4n) is 4.01. The lowest BCUT2D eigenvalue weighted by molar-refractivity contribution is -0.116. The Kier molecular flexibility index (Phi) is 6.75. The fourth-order valence-corrected chi connectivity index (χ4v) is 4.13. The molecular weight excluding hydrogens is 452 g/mol. The first kappa shape index (κ1) is 23.6. The minimum Gasteiger partial charge on any atom is -0.497 e. The highest BCUT2D eigenvalue weighted by atomic mass is 35.5. The Morgan fingerprint density at radius 2 is 1.85 bits per heavy atom. The number of aryl methyl sites for hydroxylation is 3. The molecular formula is C26H27ClN4O3. The van der Waals surface area contributed by atoms with Crippen molar-refractivity contribution in [3.05, 3.63) is 70.0 Å². The van der Waals surface area contributed by atoms with E-state index < -0.39 is 0 Å². The Bertz CT molecular complexity index is 1380. The van der Waals surface area contributed by atoms with Crippen LogP contribution in [-0.4, -0.2) is 34.7 Å². The van der Waals surface area contributed by atoms with E-state index in [9.17, 15) is 4.79 Å². The fraction of sp³-hybridized carbons (Fsp3) is 0.269. The molecule has 0 aliphatic rings. The number of rotatable bonds is 7. The van der Waals surface area contributed by atoms with Crippen LogP contribution in [0, 0.1) is 20.8 Å². The van der Waals surface area contributed by atoms with E-state index in [1.807, 2.05) is 55.6 Å². The van der Waals surface area contributed by atoms with E-state index in [2.05, 4.69) is 5.32 Å². The number of amides is 1. The summed E-state index contributed by atoms with van der Waals surface area (Å²) in [7, 11) is 3.24. The van der Waals surface area contributed by atoms with E-state index in [-0.39, 0.29) is 5.91 Å². The molecule has 2 aromatic heterocycles. The summed E-state index contributed by atoms with van der Waals surface area (Å²) in [5, 5.41) is 8.40. The number of ether oxygens (including phenoxy) is 2. The number of hydrogen-bond donors (Lipinski definition) is 1. The lowest BCUT2D eigenvalue weighted by atomic mass is 10.1. The third kappa shape index (κ3) is 4.70. The molecule has 2 heterocycles. The monoisotopic (exact) mass is 478 g/mol. The summed E-state index contributed by atoms with van der Waals surface area (Å²) in [6.07, 6.45) is 0.886. The quantitative estimate of drug-likeness (QED) is 0.376. The molecule has 4 aromatic rings. The molecule has 0 spiro atoms. The third-order valence-corrected chi connectivity index (χ3v) is 6.32. The molecule has 7 nitrogen and oxygen atoms in total. The number of halogens is 1. The van der Waals surface area contributed by atoms with Crippen molar-refractivity contribution >= 4 is 28.8 Å². The normalized spacial score (nSPS) is 11.0. The summed E-state index contributed by atoms with van der Waals surface area (Å²) < 4.78 is 12.7. The molecule has 4 rings (SSSR count). The molecule has 0 radical (unpaired) electrons. The minimum atomic E-state index is -0.0651. The highest BCUT2D eigenvalue weighted by molar-refractivity contribution is 6.31. The maximum atomic E-state index is 12.6. The first-order valence-corrected chi connectivity index (χ1v) is 11.3. The lowest BCUT2D eigenvalue weighted by Crippen LogP contribution is -2.14. The number of anilines is 1. The van der Waals surface area contributed by atoms with Crippen molar-refractivity contribution in [2.24, 2.45) is 0 Å². The van der Waals surface area contributed by atoms with Gasteiger partial charge in [-0.2, -0.15) is 5.10 Å². The summed E-state index contributed by atoms with van der Waals surface area (Å²) in [6, 6.07) is 13.0. The van der Waals surface area contributed by atoms with Crippen molar-refractivity contribution in [2.75, 3.05) is 19.5 Å². The van der Waals surface area contributed by atoms with E-state index in [0.29, 0.717) is 29.4 Å². The first-order valence-electron chi connectivity index (χ1n) is 10.9. The molecule has 0 saturated heterocycles. The maximum Gasteiger partial charge on any atom is 0.224 e. The number of nitrogens with zero attached hydrogens (tertiary/aromatic N) is 3. The van der Waals surface area contributed by atoms with Gasteiger partial charge in [0.25, 0.3) is 0 Å². The zero-order valence-electron chi connectivity index (χ0n) is 19.9. The van der Waals surface area contributed by atoms with Gasteiger partial charge in [0.1, 0.15) is 11.5 Å². The topological polar surface area (TPSA) is 77.8 Å². The number of hydrogen-bond acceptors (Lipinski definition) is 5. The number of methoxy groups -OCH3 is 2. The molecule has 1 amide bonds.